The lowest BCUT2D eigenvalue weighted by Crippen LogP contribution is -2.44. The summed E-state index contributed by atoms with van der Waals surface area (Å²) in [7, 11) is 3.87. The zero-order chi connectivity index (χ0) is 13.9. The van der Waals surface area contributed by atoms with Crippen molar-refractivity contribution in [3.63, 3.8) is 0 Å². The van der Waals surface area contributed by atoms with Crippen molar-refractivity contribution in [2.75, 3.05) is 26.0 Å². The third-order valence-electron chi connectivity index (χ3n) is 3.15. The van der Waals surface area contributed by atoms with Gasteiger partial charge in [-0.2, -0.15) is 0 Å². The van der Waals surface area contributed by atoms with Crippen LogP contribution in [0.2, 0.25) is 0 Å². The van der Waals surface area contributed by atoms with Crippen molar-refractivity contribution in [3.8, 4) is 0 Å². The first-order valence-electron chi connectivity index (χ1n) is 5.69. The van der Waals surface area contributed by atoms with Gasteiger partial charge in [0.2, 0.25) is 0 Å². The Morgan fingerprint density at radius 1 is 1.44 bits per heavy atom. The first-order valence-corrected chi connectivity index (χ1v) is 5.69. The molecule has 0 bridgehead atoms. The molecule has 1 aromatic carbocycles. The Balaban J connectivity index is 2.92. The molecular formula is C13H19FN2O2. The van der Waals surface area contributed by atoms with Crippen LogP contribution in [0.3, 0.4) is 0 Å². The molecule has 0 unspecified atom stereocenters. The first kappa shape index (κ1) is 14.4. The van der Waals surface area contributed by atoms with Crippen molar-refractivity contribution in [2.24, 2.45) is 0 Å². The van der Waals surface area contributed by atoms with Gasteiger partial charge in [-0.25, -0.2) is 9.18 Å². The Hall–Kier alpha value is -1.62. The van der Waals surface area contributed by atoms with Gasteiger partial charge in [-0.15, -0.1) is 0 Å². The Kier molecular flexibility index (Phi) is 4.29. The van der Waals surface area contributed by atoms with E-state index in [0.29, 0.717) is 12.2 Å². The maximum atomic E-state index is 13.4. The summed E-state index contributed by atoms with van der Waals surface area (Å²) in [5.41, 5.74) is -0.174. The fourth-order valence-corrected chi connectivity index (χ4v) is 1.36. The normalized spacial score (nSPS) is 11.7. The van der Waals surface area contributed by atoms with Crippen molar-refractivity contribution in [1.29, 1.82) is 0 Å². The lowest BCUT2D eigenvalue weighted by molar-refractivity contribution is 0.0693. The molecule has 0 atom stereocenters. The number of carboxylic acids is 1. The van der Waals surface area contributed by atoms with E-state index in [9.17, 15) is 9.18 Å². The molecule has 0 aliphatic heterocycles. The van der Waals surface area contributed by atoms with Gasteiger partial charge in [-0.3, -0.25) is 0 Å². The molecule has 0 amide bonds. The fourth-order valence-electron chi connectivity index (χ4n) is 1.36. The van der Waals surface area contributed by atoms with E-state index >= 15 is 0 Å². The second-order valence-corrected chi connectivity index (χ2v) is 5.03. The molecule has 0 saturated carbocycles. The molecule has 18 heavy (non-hydrogen) atoms. The highest BCUT2D eigenvalue weighted by Crippen LogP contribution is 2.20. The molecule has 0 radical (unpaired) electrons. The molecule has 0 saturated heterocycles. The van der Waals surface area contributed by atoms with Crippen LogP contribution in [0.4, 0.5) is 10.1 Å². The van der Waals surface area contributed by atoms with Crippen LogP contribution in [0.5, 0.6) is 0 Å². The molecular weight excluding hydrogens is 235 g/mol. The zero-order valence-corrected chi connectivity index (χ0v) is 11.1. The van der Waals surface area contributed by atoms with Gasteiger partial charge >= 0.3 is 5.97 Å². The van der Waals surface area contributed by atoms with Crippen LogP contribution in [0.15, 0.2) is 18.2 Å². The highest BCUT2D eigenvalue weighted by Gasteiger charge is 2.22. The molecule has 0 spiro atoms. The minimum Gasteiger partial charge on any atom is -0.478 e. The van der Waals surface area contributed by atoms with Crippen LogP contribution < -0.4 is 5.32 Å². The van der Waals surface area contributed by atoms with Crippen LogP contribution in [0, 0.1) is 5.82 Å². The van der Waals surface area contributed by atoms with E-state index in [1.54, 1.807) is 6.07 Å². The van der Waals surface area contributed by atoms with Gasteiger partial charge in [0, 0.05) is 12.1 Å². The molecule has 0 fully saturated rings. The zero-order valence-electron chi connectivity index (χ0n) is 11.1. The van der Waals surface area contributed by atoms with E-state index in [4.69, 9.17) is 5.11 Å². The summed E-state index contributed by atoms with van der Waals surface area (Å²) in [6.45, 7) is 4.54. The minimum absolute atomic E-state index is 0.165. The van der Waals surface area contributed by atoms with Crippen LogP contribution in [0.25, 0.3) is 0 Å². The number of carboxylic acid groups (broad SMARTS) is 1. The van der Waals surface area contributed by atoms with Crippen LogP contribution in [-0.2, 0) is 0 Å². The number of nitrogens with one attached hydrogen (secondary N) is 1. The summed E-state index contributed by atoms with van der Waals surface area (Å²) in [5.74, 6) is -1.99. The minimum atomic E-state index is -1.27. The molecule has 0 aromatic heterocycles. The highest BCUT2D eigenvalue weighted by atomic mass is 19.1. The summed E-state index contributed by atoms with van der Waals surface area (Å²) in [6, 6.07) is 4.21. The molecule has 100 valence electrons. The number of hydrogen-bond acceptors (Lipinski definition) is 3. The molecule has 2 N–H and O–H groups in total. The van der Waals surface area contributed by atoms with E-state index in [0.717, 1.165) is 6.07 Å². The molecule has 4 nitrogen and oxygen atoms in total. The van der Waals surface area contributed by atoms with E-state index < -0.39 is 11.8 Å². The van der Waals surface area contributed by atoms with E-state index in [1.165, 1.54) is 6.07 Å². The molecule has 1 rings (SSSR count). The number of likely N-dealkylation sites (N-methyl/N-ethyl adjacent to an activating group) is 1. The summed E-state index contributed by atoms with van der Waals surface area (Å²) >= 11 is 0. The summed E-state index contributed by atoms with van der Waals surface area (Å²) in [5, 5.41) is 12.0. The maximum Gasteiger partial charge on any atom is 0.340 e. The largest absolute Gasteiger partial charge is 0.478 e. The number of rotatable bonds is 5. The smallest absolute Gasteiger partial charge is 0.340 e. The number of benzene rings is 1. The average Bonchev–Trinajstić information content (AvgIpc) is 2.25. The van der Waals surface area contributed by atoms with Gasteiger partial charge in [-0.1, -0.05) is 6.07 Å². The molecule has 0 aliphatic carbocycles. The predicted molar refractivity (Wildman–Crippen MR) is 69.6 cm³/mol. The van der Waals surface area contributed by atoms with Crippen LogP contribution in [0.1, 0.15) is 24.2 Å². The Morgan fingerprint density at radius 3 is 2.56 bits per heavy atom. The van der Waals surface area contributed by atoms with Gasteiger partial charge in [0.15, 0.2) is 0 Å². The third-order valence-corrected chi connectivity index (χ3v) is 3.15. The quantitative estimate of drug-likeness (QED) is 0.846. The first-order chi connectivity index (χ1) is 8.25. The number of carbonyl (C=O) groups is 1. The molecule has 5 heteroatoms. The fraction of sp³-hybridized carbons (Fsp3) is 0.462. The third kappa shape index (κ3) is 3.20. The van der Waals surface area contributed by atoms with Crippen molar-refractivity contribution >= 4 is 11.7 Å². The van der Waals surface area contributed by atoms with Crippen LogP contribution >= 0.6 is 0 Å². The lowest BCUT2D eigenvalue weighted by Gasteiger charge is -2.33. The topological polar surface area (TPSA) is 52.6 Å². The Bertz CT molecular complexity index is 445. The van der Waals surface area contributed by atoms with Crippen LogP contribution in [-0.4, -0.2) is 42.2 Å². The lowest BCUT2D eigenvalue weighted by atomic mass is 10.0. The molecule has 0 heterocycles. The van der Waals surface area contributed by atoms with Crippen molar-refractivity contribution in [3.05, 3.63) is 29.6 Å². The van der Waals surface area contributed by atoms with Crippen molar-refractivity contribution < 1.29 is 14.3 Å². The van der Waals surface area contributed by atoms with E-state index in [1.807, 2.05) is 32.8 Å². The SMILES string of the molecule is CN(C)C(C)(C)CNc1cccc(F)c1C(=O)O. The van der Waals surface area contributed by atoms with E-state index in [-0.39, 0.29) is 11.1 Å². The Morgan fingerprint density at radius 2 is 2.06 bits per heavy atom. The van der Waals surface area contributed by atoms with Gasteiger partial charge in [0.25, 0.3) is 0 Å². The second-order valence-electron chi connectivity index (χ2n) is 5.03. The second kappa shape index (κ2) is 5.35. The number of aromatic carboxylic acids is 1. The van der Waals surface area contributed by atoms with Gasteiger partial charge in [0.1, 0.15) is 11.4 Å². The van der Waals surface area contributed by atoms with Gasteiger partial charge in [0.05, 0.1) is 5.69 Å². The standard InChI is InChI=1S/C13H19FN2O2/c1-13(2,16(3)4)8-15-10-7-5-6-9(14)11(10)12(17)18/h5-7,15H,8H2,1-4H3,(H,17,18). The summed E-state index contributed by atoms with van der Waals surface area (Å²) in [4.78, 5) is 13.0. The molecule has 1 aromatic rings. The monoisotopic (exact) mass is 254 g/mol. The van der Waals surface area contributed by atoms with E-state index in [2.05, 4.69) is 5.32 Å². The van der Waals surface area contributed by atoms with Crippen molar-refractivity contribution in [1.82, 2.24) is 4.90 Å². The number of hydrogen-bond donors (Lipinski definition) is 2. The summed E-state index contributed by atoms with van der Waals surface area (Å²) < 4.78 is 13.4. The predicted octanol–water partition coefficient (Wildman–Crippen LogP) is 2.28. The average molecular weight is 254 g/mol. The Labute approximate surface area is 106 Å². The van der Waals surface area contributed by atoms with Gasteiger partial charge < -0.3 is 15.3 Å². The van der Waals surface area contributed by atoms with Gasteiger partial charge in [-0.05, 0) is 40.1 Å². The van der Waals surface area contributed by atoms with Crippen molar-refractivity contribution in [2.45, 2.75) is 19.4 Å². The molecule has 0 aliphatic rings. The summed E-state index contributed by atoms with van der Waals surface area (Å²) in [6.07, 6.45) is 0. The number of halogens is 1. The maximum absolute atomic E-state index is 13.4. The number of anilines is 1. The number of nitrogens with zero attached hydrogens (tertiary/aromatic N) is 1. The highest BCUT2D eigenvalue weighted by molar-refractivity contribution is 5.94.